The second kappa shape index (κ2) is 10.3. The van der Waals surface area contributed by atoms with E-state index in [0.717, 1.165) is 16.4 Å². The number of halogens is 2. The van der Waals surface area contributed by atoms with E-state index in [2.05, 4.69) is 0 Å². The van der Waals surface area contributed by atoms with Gasteiger partial charge in [0, 0.05) is 10.6 Å². The van der Waals surface area contributed by atoms with E-state index in [-0.39, 0.29) is 33.7 Å². The largest absolute Gasteiger partial charge is 0.422 e. The van der Waals surface area contributed by atoms with Gasteiger partial charge in [-0.1, -0.05) is 41.4 Å². The Bertz CT molecular complexity index is 1560. The Hall–Kier alpha value is -3.79. The lowest BCUT2D eigenvalue weighted by atomic mass is 9.85. The molecule has 2 aliphatic carbocycles. The molecular weight excluding hydrogens is 575 g/mol. The minimum absolute atomic E-state index is 0.00606. The van der Waals surface area contributed by atoms with Crippen molar-refractivity contribution in [2.45, 2.75) is 6.42 Å². The van der Waals surface area contributed by atoms with Crippen LogP contribution < -0.4 is 4.74 Å². The van der Waals surface area contributed by atoms with Crippen LogP contribution in [0.3, 0.4) is 0 Å². The molecule has 8 nitrogen and oxygen atoms in total. The van der Waals surface area contributed by atoms with Crippen molar-refractivity contribution in [3.8, 4) is 5.75 Å². The number of fused-ring (bicyclic) bond motifs is 5. The van der Waals surface area contributed by atoms with Crippen molar-refractivity contribution in [1.29, 1.82) is 0 Å². The van der Waals surface area contributed by atoms with Gasteiger partial charge in [-0.3, -0.25) is 19.2 Å². The summed E-state index contributed by atoms with van der Waals surface area (Å²) in [6, 6.07) is 13.4. The number of amides is 3. The predicted molar refractivity (Wildman–Crippen MR) is 147 cm³/mol. The first-order valence-corrected chi connectivity index (χ1v) is 14.1. The minimum Gasteiger partial charge on any atom is -0.422 e. The Labute approximate surface area is 242 Å². The maximum atomic E-state index is 13.7. The van der Waals surface area contributed by atoms with Crippen molar-refractivity contribution in [3.63, 3.8) is 0 Å². The van der Waals surface area contributed by atoms with Crippen molar-refractivity contribution in [2.24, 2.45) is 23.7 Å². The zero-order valence-corrected chi connectivity index (χ0v) is 23.0. The number of hydrogen-bond acceptors (Lipinski definition) is 7. The molecule has 2 bridgehead atoms. The molecule has 2 fully saturated rings. The zero-order valence-electron chi connectivity index (χ0n) is 20.7. The Morgan fingerprint density at radius 1 is 0.950 bits per heavy atom. The lowest BCUT2D eigenvalue weighted by Crippen LogP contribution is -2.52. The first-order valence-electron chi connectivity index (χ1n) is 12.4. The molecule has 2 aromatic carbocycles. The third-order valence-corrected chi connectivity index (χ3v) is 8.88. The summed E-state index contributed by atoms with van der Waals surface area (Å²) in [4.78, 5) is 66.8. The first kappa shape index (κ1) is 26.4. The van der Waals surface area contributed by atoms with Crippen molar-refractivity contribution < 1.29 is 28.7 Å². The van der Waals surface area contributed by atoms with Crippen molar-refractivity contribution in [2.75, 3.05) is 6.54 Å². The monoisotopic (exact) mass is 594 g/mol. The smallest absolute Gasteiger partial charge is 0.353 e. The molecule has 6 rings (SSSR count). The van der Waals surface area contributed by atoms with Crippen LogP contribution in [0.2, 0.25) is 10.0 Å². The van der Waals surface area contributed by atoms with E-state index in [1.165, 1.54) is 53.8 Å². The molecule has 3 aliphatic rings. The van der Waals surface area contributed by atoms with Gasteiger partial charge in [0.1, 0.15) is 17.2 Å². The van der Waals surface area contributed by atoms with Gasteiger partial charge in [-0.25, -0.2) is 9.80 Å². The van der Waals surface area contributed by atoms with Gasteiger partial charge >= 0.3 is 5.97 Å². The molecule has 0 radical (unpaired) electrons. The number of esters is 1. The van der Waals surface area contributed by atoms with Gasteiger partial charge < -0.3 is 4.74 Å². The maximum Gasteiger partial charge on any atom is 0.353 e. The Morgan fingerprint density at radius 3 is 2.23 bits per heavy atom. The van der Waals surface area contributed by atoms with E-state index in [1.54, 1.807) is 17.5 Å². The summed E-state index contributed by atoms with van der Waals surface area (Å²) in [6.45, 7) is -0.591. The molecule has 40 heavy (non-hydrogen) atoms. The molecule has 0 unspecified atom stereocenters. The van der Waals surface area contributed by atoms with Crippen LogP contribution in [-0.4, -0.2) is 46.0 Å². The van der Waals surface area contributed by atoms with Crippen LogP contribution in [0.5, 0.6) is 5.75 Å². The number of carbonyl (C=O) groups excluding carboxylic acids is 5. The summed E-state index contributed by atoms with van der Waals surface area (Å²) in [5.74, 6) is -3.89. The molecule has 3 aromatic rings. The number of hydrogen-bond donors (Lipinski definition) is 0. The number of thiophene rings is 1. The van der Waals surface area contributed by atoms with E-state index in [9.17, 15) is 24.0 Å². The molecule has 1 saturated heterocycles. The molecule has 0 N–H and O–H groups in total. The predicted octanol–water partition coefficient (Wildman–Crippen LogP) is 5.32. The molecule has 2 heterocycles. The number of ether oxygens (including phenoxy) is 1. The maximum absolute atomic E-state index is 13.7. The molecule has 202 valence electrons. The summed E-state index contributed by atoms with van der Waals surface area (Å²) >= 11 is 13.5. The van der Waals surface area contributed by atoms with Crippen LogP contribution in [0.25, 0.3) is 0 Å². The van der Waals surface area contributed by atoms with Gasteiger partial charge in [0.2, 0.25) is 0 Å². The van der Waals surface area contributed by atoms with Crippen molar-refractivity contribution in [3.05, 3.63) is 98.2 Å². The molecule has 4 atom stereocenters. The molecule has 11 heteroatoms. The van der Waals surface area contributed by atoms with Crippen LogP contribution in [0.4, 0.5) is 0 Å². The van der Waals surface area contributed by atoms with Crippen LogP contribution in [-0.2, 0) is 9.59 Å². The Balaban J connectivity index is 1.27. The number of Topliss-reactive ketones (excluding diaryl/α,β-unsaturated/α-hetero) is 1. The highest BCUT2D eigenvalue weighted by atomic mass is 35.5. The fraction of sp³-hybridized carbons (Fsp3) is 0.207. The Kier molecular flexibility index (Phi) is 6.82. The number of ketones is 1. The lowest BCUT2D eigenvalue weighted by Gasteiger charge is -2.31. The highest BCUT2D eigenvalue weighted by Gasteiger charge is 2.61. The van der Waals surface area contributed by atoms with E-state index >= 15 is 0 Å². The number of imide groups is 1. The summed E-state index contributed by atoms with van der Waals surface area (Å²) in [7, 11) is 0. The fourth-order valence-electron chi connectivity index (χ4n) is 5.65. The number of benzene rings is 2. The summed E-state index contributed by atoms with van der Waals surface area (Å²) < 4.78 is 5.34. The summed E-state index contributed by atoms with van der Waals surface area (Å²) in [5, 5.41) is 3.78. The quantitative estimate of drug-likeness (QED) is 0.121. The van der Waals surface area contributed by atoms with Gasteiger partial charge in [-0.15, -0.1) is 11.3 Å². The second-order valence-electron chi connectivity index (χ2n) is 9.79. The highest BCUT2D eigenvalue weighted by molar-refractivity contribution is 7.12. The number of hydrazine groups is 1. The third kappa shape index (κ3) is 4.54. The standard InChI is InChI=1S/C29H20Cl2N2O6S/c30-18-7-10-20(21(31)13-18)26(35)32(33-27(36)24-16-3-4-17(12-16)25(24)28(33)37)14-22(34)15-5-8-19(9-6-15)39-29(38)23-2-1-11-40-23/h1-11,13,16-17,24-25H,12,14H2/t16-,17-,24-,25+/m0/s1. The lowest BCUT2D eigenvalue weighted by molar-refractivity contribution is -0.154. The Morgan fingerprint density at radius 2 is 1.62 bits per heavy atom. The average molecular weight is 595 g/mol. The molecule has 3 amide bonds. The van der Waals surface area contributed by atoms with Crippen molar-refractivity contribution in [1.82, 2.24) is 10.0 Å². The topological polar surface area (TPSA) is 101 Å². The first-order chi connectivity index (χ1) is 19.2. The van der Waals surface area contributed by atoms with Gasteiger partial charge in [-0.2, -0.15) is 5.01 Å². The zero-order chi connectivity index (χ0) is 28.1. The summed E-state index contributed by atoms with van der Waals surface area (Å²) in [6.07, 6.45) is 4.61. The minimum atomic E-state index is -0.779. The number of nitrogens with zero attached hydrogens (tertiary/aromatic N) is 2. The highest BCUT2D eigenvalue weighted by Crippen LogP contribution is 2.52. The molecule has 1 aliphatic heterocycles. The van der Waals surface area contributed by atoms with E-state index in [0.29, 0.717) is 9.90 Å². The van der Waals surface area contributed by atoms with Gasteiger partial charge in [0.05, 0.1) is 22.4 Å². The van der Waals surface area contributed by atoms with E-state index < -0.39 is 47.9 Å². The number of carbonyl (C=O) groups is 5. The second-order valence-corrected chi connectivity index (χ2v) is 11.6. The van der Waals surface area contributed by atoms with Crippen LogP contribution in [0.15, 0.2) is 72.1 Å². The number of allylic oxidation sites excluding steroid dienone is 2. The molecule has 1 saturated carbocycles. The van der Waals surface area contributed by atoms with E-state index in [4.69, 9.17) is 27.9 Å². The van der Waals surface area contributed by atoms with Crippen LogP contribution in [0, 0.1) is 23.7 Å². The third-order valence-electron chi connectivity index (χ3n) is 7.49. The van der Waals surface area contributed by atoms with Crippen LogP contribution in [0.1, 0.15) is 36.8 Å². The fourth-order valence-corrected chi connectivity index (χ4v) is 6.74. The number of rotatable bonds is 7. The summed E-state index contributed by atoms with van der Waals surface area (Å²) in [5.41, 5.74) is 0.186. The van der Waals surface area contributed by atoms with Gasteiger partial charge in [0.25, 0.3) is 17.7 Å². The normalized spacial score (nSPS) is 22.5. The van der Waals surface area contributed by atoms with E-state index in [1.807, 2.05) is 12.2 Å². The van der Waals surface area contributed by atoms with Gasteiger partial charge in [-0.05, 0) is 72.2 Å². The SMILES string of the molecule is O=C(CN(C(=O)c1ccc(Cl)cc1Cl)N1C(=O)[C@@H]2[C@H](C1=O)[C@H]1C=C[C@H]2C1)c1ccc(OC(=O)c2cccs2)cc1. The molecule has 1 aromatic heterocycles. The molecule has 0 spiro atoms. The molecular formula is C29H20Cl2N2O6S. The van der Waals surface area contributed by atoms with Gasteiger partial charge in [0.15, 0.2) is 5.78 Å². The average Bonchev–Trinajstić information content (AvgIpc) is 3.73. The van der Waals surface area contributed by atoms with Crippen molar-refractivity contribution >= 4 is 64.0 Å². The van der Waals surface area contributed by atoms with Crippen LogP contribution >= 0.6 is 34.5 Å².